The summed E-state index contributed by atoms with van der Waals surface area (Å²) in [6.07, 6.45) is 5.81. The van der Waals surface area contributed by atoms with Gasteiger partial charge in [0.15, 0.2) is 0 Å². The molecule has 102 valence electrons. The van der Waals surface area contributed by atoms with Gasteiger partial charge in [-0.2, -0.15) is 0 Å². The first-order valence-corrected chi connectivity index (χ1v) is 7.03. The van der Waals surface area contributed by atoms with Crippen LogP contribution in [0.3, 0.4) is 0 Å². The molecule has 0 bridgehead atoms. The Morgan fingerprint density at radius 1 is 1.53 bits per heavy atom. The molecule has 1 aromatic rings. The number of aromatic nitrogens is 1. The highest BCUT2D eigenvalue weighted by molar-refractivity contribution is 5.83. The molecule has 0 aromatic carbocycles. The van der Waals surface area contributed by atoms with Gasteiger partial charge < -0.3 is 15.5 Å². The van der Waals surface area contributed by atoms with Gasteiger partial charge in [0.2, 0.25) is 5.91 Å². The van der Waals surface area contributed by atoms with Crippen LogP contribution in [0.25, 0.3) is 0 Å². The highest BCUT2D eigenvalue weighted by Crippen LogP contribution is 2.32. The second-order valence-corrected chi connectivity index (χ2v) is 5.22. The third kappa shape index (κ3) is 2.25. The molecule has 0 aliphatic carbocycles. The summed E-state index contributed by atoms with van der Waals surface area (Å²) in [5.41, 5.74) is 2.16. The lowest BCUT2D eigenvalue weighted by atomic mass is 9.91. The van der Waals surface area contributed by atoms with Crippen LogP contribution in [0.15, 0.2) is 18.5 Å². The van der Waals surface area contributed by atoms with Gasteiger partial charge in [-0.1, -0.05) is 0 Å². The molecule has 0 radical (unpaired) electrons. The number of rotatable bonds is 3. The number of carbonyl (C=O) groups is 1. The summed E-state index contributed by atoms with van der Waals surface area (Å²) in [4.78, 5) is 18.4. The third-order valence-electron chi connectivity index (χ3n) is 4.04. The Kier molecular flexibility index (Phi) is 3.27. The van der Waals surface area contributed by atoms with E-state index >= 15 is 0 Å². The maximum absolute atomic E-state index is 11.8. The number of anilines is 2. The topological polar surface area (TPSA) is 57.3 Å². The molecule has 2 aliphatic heterocycles. The molecule has 2 fully saturated rings. The lowest BCUT2D eigenvalue weighted by Gasteiger charge is -2.37. The van der Waals surface area contributed by atoms with Crippen molar-refractivity contribution in [2.24, 2.45) is 5.92 Å². The minimum Gasteiger partial charge on any atom is -0.384 e. The van der Waals surface area contributed by atoms with Gasteiger partial charge in [-0.05, 0) is 25.8 Å². The highest BCUT2D eigenvalue weighted by Gasteiger charge is 2.40. The van der Waals surface area contributed by atoms with E-state index in [1.165, 1.54) is 0 Å². The van der Waals surface area contributed by atoms with Crippen LogP contribution in [0.4, 0.5) is 11.4 Å². The van der Waals surface area contributed by atoms with E-state index in [2.05, 4.69) is 33.5 Å². The summed E-state index contributed by atoms with van der Waals surface area (Å²) < 4.78 is 0. The van der Waals surface area contributed by atoms with Gasteiger partial charge in [0.25, 0.3) is 0 Å². The average Bonchev–Trinajstić information content (AvgIpc) is 2.81. The zero-order chi connectivity index (χ0) is 13.2. The fourth-order valence-corrected chi connectivity index (χ4v) is 3.16. The molecule has 1 aromatic heterocycles. The molecule has 5 heteroatoms. The number of fused-ring (bicyclic) bond motifs is 1. The van der Waals surface area contributed by atoms with Gasteiger partial charge in [0, 0.05) is 19.6 Å². The van der Waals surface area contributed by atoms with Crippen molar-refractivity contribution < 1.29 is 4.79 Å². The standard InChI is InChI=1S/C14H20N4O/c1-2-16-10-6-11(8-15-7-10)18-5-3-4-12-13(18)9-17-14(12)19/h6-8,12-13,16H,2-5,9H2,1H3,(H,17,19). The Bertz CT molecular complexity index is 476. The number of hydrogen-bond acceptors (Lipinski definition) is 4. The van der Waals surface area contributed by atoms with Crippen LogP contribution in [-0.4, -0.2) is 36.6 Å². The molecule has 2 unspecified atom stereocenters. The Morgan fingerprint density at radius 2 is 2.42 bits per heavy atom. The van der Waals surface area contributed by atoms with E-state index in [0.717, 1.165) is 43.9 Å². The quantitative estimate of drug-likeness (QED) is 0.858. The average molecular weight is 260 g/mol. The summed E-state index contributed by atoms with van der Waals surface area (Å²) in [5, 5.41) is 6.27. The second kappa shape index (κ2) is 5.07. The molecule has 19 heavy (non-hydrogen) atoms. The Hall–Kier alpha value is -1.78. The monoisotopic (exact) mass is 260 g/mol. The van der Waals surface area contributed by atoms with E-state index in [4.69, 9.17) is 0 Å². The fourth-order valence-electron chi connectivity index (χ4n) is 3.16. The van der Waals surface area contributed by atoms with Crippen LogP contribution >= 0.6 is 0 Å². The van der Waals surface area contributed by atoms with Crippen LogP contribution < -0.4 is 15.5 Å². The van der Waals surface area contributed by atoms with Crippen LogP contribution in [0.2, 0.25) is 0 Å². The molecular weight excluding hydrogens is 240 g/mol. The predicted octanol–water partition coefficient (Wildman–Crippen LogP) is 1.23. The van der Waals surface area contributed by atoms with E-state index in [1.54, 1.807) is 0 Å². The zero-order valence-corrected chi connectivity index (χ0v) is 11.2. The first-order chi connectivity index (χ1) is 9.29. The molecule has 3 rings (SSSR count). The number of carbonyl (C=O) groups excluding carboxylic acids is 1. The van der Waals surface area contributed by atoms with E-state index < -0.39 is 0 Å². The normalized spacial score (nSPS) is 25.9. The van der Waals surface area contributed by atoms with Crippen molar-refractivity contribution in [2.75, 3.05) is 29.9 Å². The number of hydrogen-bond donors (Lipinski definition) is 2. The molecule has 2 aliphatic rings. The summed E-state index contributed by atoms with van der Waals surface area (Å²) in [6, 6.07) is 2.42. The van der Waals surface area contributed by atoms with Crippen LogP contribution in [0.5, 0.6) is 0 Å². The molecule has 0 saturated carbocycles. The zero-order valence-electron chi connectivity index (χ0n) is 11.2. The van der Waals surface area contributed by atoms with Gasteiger partial charge in [-0.3, -0.25) is 9.78 Å². The maximum Gasteiger partial charge on any atom is 0.225 e. The molecule has 2 atom stereocenters. The molecule has 2 saturated heterocycles. The third-order valence-corrected chi connectivity index (χ3v) is 4.04. The van der Waals surface area contributed by atoms with E-state index in [9.17, 15) is 4.79 Å². The second-order valence-electron chi connectivity index (χ2n) is 5.22. The van der Waals surface area contributed by atoms with E-state index in [0.29, 0.717) is 6.04 Å². The maximum atomic E-state index is 11.8. The summed E-state index contributed by atoms with van der Waals surface area (Å²) in [6.45, 7) is 4.72. The van der Waals surface area contributed by atoms with Crippen molar-refractivity contribution in [3.05, 3.63) is 18.5 Å². The summed E-state index contributed by atoms with van der Waals surface area (Å²) in [5.74, 6) is 0.363. The Balaban J connectivity index is 1.84. The lowest BCUT2D eigenvalue weighted by molar-refractivity contribution is -0.122. The van der Waals surface area contributed by atoms with Crippen molar-refractivity contribution in [1.82, 2.24) is 10.3 Å². The fraction of sp³-hybridized carbons (Fsp3) is 0.571. The SMILES string of the molecule is CCNc1cncc(N2CCCC3C(=O)NCC32)c1. The molecule has 0 spiro atoms. The van der Waals surface area contributed by atoms with Crippen LogP contribution in [0, 0.1) is 5.92 Å². The minimum absolute atomic E-state index is 0.150. The smallest absolute Gasteiger partial charge is 0.225 e. The van der Waals surface area contributed by atoms with Gasteiger partial charge in [-0.15, -0.1) is 0 Å². The molecular formula is C14H20N4O. The summed E-state index contributed by atoms with van der Waals surface area (Å²) in [7, 11) is 0. The van der Waals surface area contributed by atoms with Gasteiger partial charge in [0.05, 0.1) is 35.7 Å². The van der Waals surface area contributed by atoms with Crippen molar-refractivity contribution in [3.63, 3.8) is 0 Å². The van der Waals surface area contributed by atoms with Crippen LogP contribution in [-0.2, 0) is 4.79 Å². The first kappa shape index (κ1) is 12.3. The van der Waals surface area contributed by atoms with E-state index in [-0.39, 0.29) is 11.8 Å². The van der Waals surface area contributed by atoms with Crippen molar-refractivity contribution in [1.29, 1.82) is 0 Å². The molecule has 2 N–H and O–H groups in total. The molecule has 5 nitrogen and oxygen atoms in total. The predicted molar refractivity (Wildman–Crippen MR) is 75.3 cm³/mol. The number of amides is 1. The largest absolute Gasteiger partial charge is 0.384 e. The highest BCUT2D eigenvalue weighted by atomic mass is 16.2. The van der Waals surface area contributed by atoms with Gasteiger partial charge >= 0.3 is 0 Å². The summed E-state index contributed by atoms with van der Waals surface area (Å²) >= 11 is 0. The number of nitrogens with one attached hydrogen (secondary N) is 2. The number of piperidine rings is 1. The number of pyridine rings is 1. The van der Waals surface area contributed by atoms with Crippen molar-refractivity contribution >= 4 is 17.3 Å². The Labute approximate surface area is 113 Å². The molecule has 1 amide bonds. The van der Waals surface area contributed by atoms with Crippen LogP contribution in [0.1, 0.15) is 19.8 Å². The minimum atomic E-state index is 0.150. The van der Waals surface area contributed by atoms with Gasteiger partial charge in [-0.25, -0.2) is 0 Å². The number of nitrogens with zero attached hydrogens (tertiary/aromatic N) is 2. The van der Waals surface area contributed by atoms with Gasteiger partial charge in [0.1, 0.15) is 0 Å². The van der Waals surface area contributed by atoms with Crippen molar-refractivity contribution in [3.8, 4) is 0 Å². The van der Waals surface area contributed by atoms with Crippen molar-refractivity contribution in [2.45, 2.75) is 25.8 Å². The molecule has 3 heterocycles. The first-order valence-electron chi connectivity index (χ1n) is 7.03. The lowest BCUT2D eigenvalue weighted by Crippen LogP contribution is -2.45. The Morgan fingerprint density at radius 3 is 3.26 bits per heavy atom. The van der Waals surface area contributed by atoms with E-state index in [1.807, 2.05) is 12.4 Å².